The molecule has 0 aromatic heterocycles. The van der Waals surface area contributed by atoms with E-state index in [1.165, 1.54) is 0 Å². The van der Waals surface area contributed by atoms with E-state index in [-0.39, 0.29) is 5.91 Å². The number of carbonyl (C=O) groups excluding carboxylic acids is 1. The van der Waals surface area contributed by atoms with Gasteiger partial charge in [0.15, 0.2) is 0 Å². The van der Waals surface area contributed by atoms with Gasteiger partial charge in [0, 0.05) is 25.5 Å². The standard InChI is InChI=1S/C14H21NO2/c1-2-3-4-5-6-7-8-14(16)15-11-13-9-10-17-12-13/h1,7-8,13H,3-6,9-12H2,(H,15,16)/b8-7+. The molecule has 1 rings (SSSR count). The summed E-state index contributed by atoms with van der Waals surface area (Å²) in [6, 6.07) is 0. The Morgan fingerprint density at radius 2 is 2.41 bits per heavy atom. The van der Waals surface area contributed by atoms with Gasteiger partial charge in [0.25, 0.3) is 0 Å². The first-order valence-corrected chi connectivity index (χ1v) is 6.28. The van der Waals surface area contributed by atoms with E-state index in [2.05, 4.69) is 11.2 Å². The lowest BCUT2D eigenvalue weighted by atomic mass is 10.1. The van der Waals surface area contributed by atoms with Gasteiger partial charge in [-0.3, -0.25) is 4.79 Å². The van der Waals surface area contributed by atoms with Crippen LogP contribution in [-0.4, -0.2) is 25.7 Å². The predicted octanol–water partition coefficient (Wildman–Crippen LogP) is 1.89. The zero-order chi connectivity index (χ0) is 12.3. The van der Waals surface area contributed by atoms with Crippen LogP contribution in [0.25, 0.3) is 0 Å². The van der Waals surface area contributed by atoms with Crippen LogP contribution >= 0.6 is 0 Å². The van der Waals surface area contributed by atoms with Crippen LogP contribution in [0.15, 0.2) is 12.2 Å². The molecule has 1 saturated heterocycles. The fourth-order valence-corrected chi connectivity index (χ4v) is 1.73. The zero-order valence-corrected chi connectivity index (χ0v) is 10.3. The molecule has 0 saturated carbocycles. The molecule has 1 atom stereocenters. The van der Waals surface area contributed by atoms with Crippen molar-refractivity contribution >= 4 is 5.91 Å². The first-order valence-electron chi connectivity index (χ1n) is 6.28. The van der Waals surface area contributed by atoms with Crippen LogP contribution in [0.1, 0.15) is 32.1 Å². The third-order valence-corrected chi connectivity index (χ3v) is 2.80. The normalized spacial score (nSPS) is 19.4. The van der Waals surface area contributed by atoms with Gasteiger partial charge in [-0.05, 0) is 31.8 Å². The summed E-state index contributed by atoms with van der Waals surface area (Å²) in [5, 5.41) is 2.89. The molecule has 1 fully saturated rings. The Morgan fingerprint density at radius 1 is 1.53 bits per heavy atom. The number of ether oxygens (including phenoxy) is 1. The number of unbranched alkanes of at least 4 members (excludes halogenated alkanes) is 3. The van der Waals surface area contributed by atoms with Crippen LogP contribution in [0.4, 0.5) is 0 Å². The minimum Gasteiger partial charge on any atom is -0.381 e. The summed E-state index contributed by atoms with van der Waals surface area (Å²) >= 11 is 0. The number of hydrogen-bond acceptors (Lipinski definition) is 2. The van der Waals surface area contributed by atoms with E-state index in [1.807, 2.05) is 6.08 Å². The molecule has 1 N–H and O–H groups in total. The molecule has 1 heterocycles. The average Bonchev–Trinajstić information content (AvgIpc) is 2.84. The molecule has 17 heavy (non-hydrogen) atoms. The molecule has 3 nitrogen and oxygen atoms in total. The summed E-state index contributed by atoms with van der Waals surface area (Å²) in [5.74, 6) is 3.09. The van der Waals surface area contributed by atoms with E-state index in [4.69, 9.17) is 11.2 Å². The Bertz CT molecular complexity index is 285. The average molecular weight is 235 g/mol. The van der Waals surface area contributed by atoms with Crippen LogP contribution in [0.3, 0.4) is 0 Å². The summed E-state index contributed by atoms with van der Waals surface area (Å²) in [7, 11) is 0. The lowest BCUT2D eigenvalue weighted by Gasteiger charge is -2.06. The van der Waals surface area contributed by atoms with Crippen molar-refractivity contribution in [3.63, 3.8) is 0 Å². The molecule has 0 aromatic carbocycles. The largest absolute Gasteiger partial charge is 0.381 e. The maximum absolute atomic E-state index is 11.4. The summed E-state index contributed by atoms with van der Waals surface area (Å²) < 4.78 is 5.24. The summed E-state index contributed by atoms with van der Waals surface area (Å²) in [6.45, 7) is 2.32. The maximum Gasteiger partial charge on any atom is 0.243 e. The molecule has 94 valence electrons. The quantitative estimate of drug-likeness (QED) is 0.416. The smallest absolute Gasteiger partial charge is 0.243 e. The van der Waals surface area contributed by atoms with E-state index in [1.54, 1.807) is 6.08 Å². The Kier molecular flexibility index (Phi) is 7.17. The lowest BCUT2D eigenvalue weighted by molar-refractivity contribution is -0.116. The molecule has 0 aliphatic carbocycles. The molecule has 1 aliphatic rings. The predicted molar refractivity (Wildman–Crippen MR) is 68.4 cm³/mol. The topological polar surface area (TPSA) is 38.3 Å². The van der Waals surface area contributed by atoms with Crippen molar-refractivity contribution in [1.82, 2.24) is 5.32 Å². The third-order valence-electron chi connectivity index (χ3n) is 2.80. The molecular weight excluding hydrogens is 214 g/mol. The van der Waals surface area contributed by atoms with E-state index >= 15 is 0 Å². The highest BCUT2D eigenvalue weighted by atomic mass is 16.5. The number of allylic oxidation sites excluding steroid dienone is 1. The molecule has 0 spiro atoms. The number of amides is 1. The van der Waals surface area contributed by atoms with Crippen molar-refractivity contribution in [2.45, 2.75) is 32.1 Å². The van der Waals surface area contributed by atoms with Crippen LogP contribution in [0, 0.1) is 18.3 Å². The van der Waals surface area contributed by atoms with Crippen molar-refractivity contribution in [1.29, 1.82) is 0 Å². The molecule has 0 bridgehead atoms. The van der Waals surface area contributed by atoms with Gasteiger partial charge in [-0.2, -0.15) is 0 Å². The fraction of sp³-hybridized carbons (Fsp3) is 0.643. The molecule has 0 aromatic rings. The van der Waals surface area contributed by atoms with Crippen LogP contribution in [-0.2, 0) is 9.53 Å². The van der Waals surface area contributed by atoms with Gasteiger partial charge in [-0.25, -0.2) is 0 Å². The minimum atomic E-state index is -0.00569. The van der Waals surface area contributed by atoms with Gasteiger partial charge >= 0.3 is 0 Å². The van der Waals surface area contributed by atoms with E-state index in [0.717, 1.165) is 51.9 Å². The van der Waals surface area contributed by atoms with Crippen molar-refractivity contribution in [3.8, 4) is 12.3 Å². The Labute approximate surface area is 104 Å². The van der Waals surface area contributed by atoms with Crippen molar-refractivity contribution < 1.29 is 9.53 Å². The van der Waals surface area contributed by atoms with Gasteiger partial charge in [-0.15, -0.1) is 12.3 Å². The minimum absolute atomic E-state index is 0.00569. The number of nitrogens with one attached hydrogen (secondary N) is 1. The van der Waals surface area contributed by atoms with E-state index in [0.29, 0.717) is 5.92 Å². The fourth-order valence-electron chi connectivity index (χ4n) is 1.73. The molecule has 1 aliphatic heterocycles. The van der Waals surface area contributed by atoms with Gasteiger partial charge in [0.2, 0.25) is 5.91 Å². The SMILES string of the molecule is C#CCCCC/C=C/C(=O)NCC1CCOC1. The molecule has 3 heteroatoms. The first-order chi connectivity index (χ1) is 8.33. The summed E-state index contributed by atoms with van der Waals surface area (Å²) in [5.41, 5.74) is 0. The summed E-state index contributed by atoms with van der Waals surface area (Å²) in [6.07, 6.45) is 13.5. The van der Waals surface area contributed by atoms with E-state index in [9.17, 15) is 4.79 Å². The molecule has 1 unspecified atom stereocenters. The maximum atomic E-state index is 11.4. The third kappa shape index (κ3) is 6.80. The van der Waals surface area contributed by atoms with Gasteiger partial charge in [-0.1, -0.05) is 6.08 Å². The Morgan fingerprint density at radius 3 is 3.12 bits per heavy atom. The summed E-state index contributed by atoms with van der Waals surface area (Å²) in [4.78, 5) is 11.4. The highest BCUT2D eigenvalue weighted by Gasteiger charge is 2.15. The number of terminal acetylenes is 1. The van der Waals surface area contributed by atoms with Crippen molar-refractivity contribution in [3.05, 3.63) is 12.2 Å². The molecule has 1 amide bonds. The molecule has 0 radical (unpaired) electrons. The molecular formula is C14H21NO2. The zero-order valence-electron chi connectivity index (χ0n) is 10.3. The van der Waals surface area contributed by atoms with Crippen molar-refractivity contribution in [2.75, 3.05) is 19.8 Å². The van der Waals surface area contributed by atoms with Gasteiger partial charge in [0.05, 0.1) is 6.61 Å². The monoisotopic (exact) mass is 235 g/mol. The highest BCUT2D eigenvalue weighted by Crippen LogP contribution is 2.10. The Hall–Kier alpha value is -1.27. The Balaban J connectivity index is 1.99. The van der Waals surface area contributed by atoms with Crippen LogP contribution in [0.2, 0.25) is 0 Å². The number of rotatable bonds is 7. The van der Waals surface area contributed by atoms with Gasteiger partial charge in [0.1, 0.15) is 0 Å². The number of hydrogen-bond donors (Lipinski definition) is 1. The van der Waals surface area contributed by atoms with Gasteiger partial charge < -0.3 is 10.1 Å². The van der Waals surface area contributed by atoms with E-state index < -0.39 is 0 Å². The lowest BCUT2D eigenvalue weighted by Crippen LogP contribution is -2.27. The van der Waals surface area contributed by atoms with Crippen LogP contribution < -0.4 is 5.32 Å². The van der Waals surface area contributed by atoms with Crippen molar-refractivity contribution in [2.24, 2.45) is 5.92 Å². The number of carbonyl (C=O) groups is 1. The second kappa shape index (κ2) is 8.83. The van der Waals surface area contributed by atoms with Crippen LogP contribution in [0.5, 0.6) is 0 Å². The highest BCUT2D eigenvalue weighted by molar-refractivity contribution is 5.87. The second-order valence-corrected chi connectivity index (χ2v) is 4.33. The first kappa shape index (κ1) is 13.8. The second-order valence-electron chi connectivity index (χ2n) is 4.33.